The number of carbonyl (C=O) groups is 2. The van der Waals surface area contributed by atoms with Crippen LogP contribution in [0, 0.1) is 11.6 Å². The summed E-state index contributed by atoms with van der Waals surface area (Å²) in [6, 6.07) is 7.36. The molecule has 1 aliphatic rings. The van der Waals surface area contributed by atoms with Crippen LogP contribution < -0.4 is 10.6 Å². The number of esters is 1. The Morgan fingerprint density at radius 2 is 1.93 bits per heavy atom. The van der Waals surface area contributed by atoms with Gasteiger partial charge in [-0.15, -0.1) is 0 Å². The van der Waals surface area contributed by atoms with Gasteiger partial charge < -0.3 is 4.74 Å². The SMILES string of the molecule is CC(C)(C)OC(=O)C1CC(C=O)=c2ccc(-c3ccc(F)cc3F)cc2=N1. The van der Waals surface area contributed by atoms with Crippen molar-refractivity contribution in [3.63, 3.8) is 0 Å². The molecule has 0 bridgehead atoms. The number of carbonyl (C=O) groups excluding carboxylic acids is 2. The Morgan fingerprint density at radius 3 is 2.56 bits per heavy atom. The molecule has 0 amide bonds. The van der Waals surface area contributed by atoms with Gasteiger partial charge in [-0.25, -0.2) is 13.6 Å². The lowest BCUT2D eigenvalue weighted by Gasteiger charge is -2.23. The second-order valence-corrected chi connectivity index (χ2v) is 7.38. The van der Waals surface area contributed by atoms with Crippen molar-refractivity contribution >= 4 is 17.8 Å². The monoisotopic (exact) mass is 371 g/mol. The van der Waals surface area contributed by atoms with E-state index in [0.29, 0.717) is 28.0 Å². The minimum absolute atomic E-state index is 0.148. The van der Waals surface area contributed by atoms with E-state index in [1.165, 1.54) is 12.1 Å². The molecule has 2 aromatic rings. The van der Waals surface area contributed by atoms with E-state index in [1.807, 2.05) is 0 Å². The Labute approximate surface area is 155 Å². The number of nitrogens with zero attached hydrogens (tertiary/aromatic N) is 1. The lowest BCUT2D eigenvalue weighted by Crippen LogP contribution is -2.40. The van der Waals surface area contributed by atoms with Gasteiger partial charge in [0.2, 0.25) is 0 Å². The molecule has 1 unspecified atom stereocenters. The summed E-state index contributed by atoms with van der Waals surface area (Å²) in [5.74, 6) is -1.89. The Hall–Kier alpha value is -2.89. The summed E-state index contributed by atoms with van der Waals surface area (Å²) < 4.78 is 32.6. The molecule has 6 heteroatoms. The minimum Gasteiger partial charge on any atom is -0.458 e. The highest BCUT2D eigenvalue weighted by Crippen LogP contribution is 2.22. The van der Waals surface area contributed by atoms with Crippen molar-refractivity contribution in [2.45, 2.75) is 38.8 Å². The number of aldehydes is 1. The van der Waals surface area contributed by atoms with Gasteiger partial charge in [0.1, 0.15) is 23.5 Å². The molecule has 1 atom stereocenters. The molecule has 0 saturated carbocycles. The Bertz CT molecular complexity index is 1040. The summed E-state index contributed by atoms with van der Waals surface area (Å²) in [6.07, 6.45) is 0.846. The lowest BCUT2D eigenvalue weighted by molar-refractivity contribution is -0.156. The third-order valence-electron chi connectivity index (χ3n) is 4.12. The summed E-state index contributed by atoms with van der Waals surface area (Å²) in [6.45, 7) is 5.25. The summed E-state index contributed by atoms with van der Waals surface area (Å²) in [7, 11) is 0. The fourth-order valence-corrected chi connectivity index (χ4v) is 2.95. The van der Waals surface area contributed by atoms with Crippen molar-refractivity contribution in [1.82, 2.24) is 0 Å². The maximum atomic E-state index is 14.1. The molecule has 0 spiro atoms. The van der Waals surface area contributed by atoms with Crippen LogP contribution in [0.3, 0.4) is 0 Å². The molecule has 0 radical (unpaired) electrons. The van der Waals surface area contributed by atoms with E-state index in [-0.39, 0.29) is 12.0 Å². The number of fused-ring (bicyclic) bond motifs is 1. The summed E-state index contributed by atoms with van der Waals surface area (Å²) in [4.78, 5) is 28.3. The van der Waals surface area contributed by atoms with Gasteiger partial charge in [-0.1, -0.05) is 12.1 Å². The number of rotatable bonds is 3. The molecule has 3 rings (SSSR count). The van der Waals surface area contributed by atoms with Gasteiger partial charge in [-0.3, -0.25) is 9.79 Å². The van der Waals surface area contributed by atoms with Crippen LogP contribution in [0.15, 0.2) is 41.4 Å². The van der Waals surface area contributed by atoms with E-state index in [2.05, 4.69) is 4.99 Å². The molecule has 0 saturated heterocycles. The molecular weight excluding hydrogens is 352 g/mol. The van der Waals surface area contributed by atoms with Crippen LogP contribution >= 0.6 is 0 Å². The van der Waals surface area contributed by atoms with E-state index < -0.39 is 29.2 Å². The molecule has 2 aromatic carbocycles. The zero-order chi connectivity index (χ0) is 19.8. The average molecular weight is 371 g/mol. The van der Waals surface area contributed by atoms with Crippen LogP contribution in [0.1, 0.15) is 27.2 Å². The molecule has 0 fully saturated rings. The van der Waals surface area contributed by atoms with Crippen LogP contribution in [0.25, 0.3) is 16.7 Å². The first-order valence-corrected chi connectivity index (χ1v) is 8.52. The maximum absolute atomic E-state index is 14.1. The Kier molecular flexibility index (Phi) is 4.91. The van der Waals surface area contributed by atoms with Crippen LogP contribution in [-0.4, -0.2) is 23.9 Å². The van der Waals surface area contributed by atoms with E-state index >= 15 is 0 Å². The van der Waals surface area contributed by atoms with E-state index in [4.69, 9.17) is 4.74 Å². The first-order chi connectivity index (χ1) is 12.7. The average Bonchev–Trinajstić information content (AvgIpc) is 2.58. The lowest BCUT2D eigenvalue weighted by atomic mass is 9.98. The molecule has 0 N–H and O–H groups in total. The summed E-state index contributed by atoms with van der Waals surface area (Å²) >= 11 is 0. The topological polar surface area (TPSA) is 55.7 Å². The highest BCUT2D eigenvalue weighted by molar-refractivity contribution is 6.00. The predicted octanol–water partition coefficient (Wildman–Crippen LogP) is 2.72. The molecule has 4 nitrogen and oxygen atoms in total. The van der Waals surface area contributed by atoms with Crippen LogP contribution in [0.2, 0.25) is 0 Å². The van der Waals surface area contributed by atoms with E-state index in [1.54, 1.807) is 39.0 Å². The number of ether oxygens (including phenoxy) is 1. The van der Waals surface area contributed by atoms with Crippen molar-refractivity contribution in [3.05, 3.63) is 58.6 Å². The molecule has 0 aliphatic carbocycles. The first kappa shape index (κ1) is 18.9. The van der Waals surface area contributed by atoms with Crippen LogP contribution in [-0.2, 0) is 14.3 Å². The zero-order valence-electron chi connectivity index (χ0n) is 15.3. The predicted molar refractivity (Wildman–Crippen MR) is 96.3 cm³/mol. The normalized spacial score (nSPS) is 16.3. The zero-order valence-corrected chi connectivity index (χ0v) is 15.3. The van der Waals surface area contributed by atoms with Gasteiger partial charge in [0.25, 0.3) is 0 Å². The number of hydrogen-bond acceptors (Lipinski definition) is 4. The van der Waals surface area contributed by atoms with Gasteiger partial charge >= 0.3 is 5.97 Å². The molecule has 140 valence electrons. The van der Waals surface area contributed by atoms with Gasteiger partial charge in [-0.2, -0.15) is 0 Å². The molecule has 1 heterocycles. The quantitative estimate of drug-likeness (QED) is 0.616. The van der Waals surface area contributed by atoms with Gasteiger partial charge in [0.05, 0.1) is 5.36 Å². The van der Waals surface area contributed by atoms with Crippen molar-refractivity contribution in [3.8, 4) is 11.1 Å². The van der Waals surface area contributed by atoms with E-state index in [0.717, 1.165) is 6.07 Å². The number of halogens is 2. The molecule has 0 aromatic heterocycles. The highest BCUT2D eigenvalue weighted by atomic mass is 19.1. The van der Waals surface area contributed by atoms with Gasteiger partial charge in [0.15, 0.2) is 6.04 Å². The second kappa shape index (κ2) is 7.02. The minimum atomic E-state index is -0.842. The fourth-order valence-electron chi connectivity index (χ4n) is 2.95. The van der Waals surface area contributed by atoms with Crippen LogP contribution in [0.4, 0.5) is 8.78 Å². The second-order valence-electron chi connectivity index (χ2n) is 7.38. The third-order valence-corrected chi connectivity index (χ3v) is 4.12. The van der Waals surface area contributed by atoms with Crippen molar-refractivity contribution in [2.24, 2.45) is 4.99 Å². The summed E-state index contributed by atoms with van der Waals surface area (Å²) in [5, 5.41) is 0.997. The fraction of sp³-hybridized carbons (Fsp3) is 0.286. The van der Waals surface area contributed by atoms with Crippen molar-refractivity contribution in [1.29, 1.82) is 0 Å². The van der Waals surface area contributed by atoms with Crippen LogP contribution in [0.5, 0.6) is 0 Å². The Morgan fingerprint density at radius 1 is 1.19 bits per heavy atom. The molecule has 1 aliphatic heterocycles. The van der Waals surface area contributed by atoms with Gasteiger partial charge in [-0.05, 0) is 44.5 Å². The number of benzene rings is 2. The van der Waals surface area contributed by atoms with Crippen molar-refractivity contribution < 1.29 is 23.1 Å². The van der Waals surface area contributed by atoms with E-state index in [9.17, 15) is 18.4 Å². The number of hydrogen-bond donors (Lipinski definition) is 0. The highest BCUT2D eigenvalue weighted by Gasteiger charge is 2.27. The maximum Gasteiger partial charge on any atom is 0.331 e. The first-order valence-electron chi connectivity index (χ1n) is 8.52. The van der Waals surface area contributed by atoms with Gasteiger partial charge in [0, 0.05) is 28.8 Å². The third kappa shape index (κ3) is 4.10. The molecule has 27 heavy (non-hydrogen) atoms. The Balaban J connectivity index is 2.09. The summed E-state index contributed by atoms with van der Waals surface area (Å²) in [5.41, 5.74) is 0.446. The smallest absolute Gasteiger partial charge is 0.331 e. The molecular formula is C21H19F2NO3. The largest absolute Gasteiger partial charge is 0.458 e. The standard InChI is InChI=1S/C21H19F2NO3/c1-21(2,3)27-20(26)19-9-13(11-25)16-6-4-12(8-18(16)24-19)15-7-5-14(22)10-17(15)23/h4-8,10-11,19H,9H2,1-3H3. The van der Waals surface area contributed by atoms with Crippen molar-refractivity contribution in [2.75, 3.05) is 0 Å².